The number of rotatable bonds is 3. The number of hydrogen-bond acceptors (Lipinski definition) is 2. The first-order chi connectivity index (χ1) is 8.27. The van der Waals surface area contributed by atoms with Gasteiger partial charge in [0, 0.05) is 17.0 Å². The molecule has 0 bridgehead atoms. The van der Waals surface area contributed by atoms with Crippen molar-refractivity contribution >= 4 is 17.5 Å². The van der Waals surface area contributed by atoms with Crippen LogP contribution in [-0.4, -0.2) is 12.5 Å². The molecule has 0 aliphatic heterocycles. The van der Waals surface area contributed by atoms with Crippen LogP contribution in [0.1, 0.15) is 25.0 Å². The van der Waals surface area contributed by atoms with Gasteiger partial charge < -0.3 is 5.32 Å². The van der Waals surface area contributed by atoms with Crippen molar-refractivity contribution in [3.63, 3.8) is 0 Å². The summed E-state index contributed by atoms with van der Waals surface area (Å²) >= 11 is 6.09. The van der Waals surface area contributed by atoms with Crippen molar-refractivity contribution in [2.45, 2.75) is 26.2 Å². The molecule has 5 heteroatoms. The Morgan fingerprint density at radius 1 is 1.56 bits per heavy atom. The van der Waals surface area contributed by atoms with E-state index in [1.54, 1.807) is 13.0 Å². The molecule has 0 unspecified atom stereocenters. The number of carbonyl (C=O) groups is 1. The number of nitrogens with one attached hydrogen (secondary N) is 1. The summed E-state index contributed by atoms with van der Waals surface area (Å²) in [5, 5.41) is 11.3. The maximum atomic E-state index is 13.6. The summed E-state index contributed by atoms with van der Waals surface area (Å²) in [6.07, 6.45) is 0. The number of halogens is 2. The minimum Gasteiger partial charge on any atom is -0.343 e. The maximum absolute atomic E-state index is 13.6. The molecule has 18 heavy (non-hydrogen) atoms. The van der Waals surface area contributed by atoms with Crippen LogP contribution in [0, 0.1) is 24.1 Å². The van der Waals surface area contributed by atoms with E-state index < -0.39 is 11.3 Å². The third-order valence-corrected chi connectivity index (χ3v) is 3.08. The van der Waals surface area contributed by atoms with Gasteiger partial charge in [0.15, 0.2) is 6.07 Å². The Morgan fingerprint density at radius 2 is 2.17 bits per heavy atom. The van der Waals surface area contributed by atoms with Gasteiger partial charge in [-0.25, -0.2) is 4.39 Å². The largest absolute Gasteiger partial charge is 0.343 e. The lowest BCUT2D eigenvalue weighted by molar-refractivity contribution is -0.116. The van der Waals surface area contributed by atoms with E-state index >= 15 is 0 Å². The monoisotopic (exact) mass is 268 g/mol. The van der Waals surface area contributed by atoms with Crippen molar-refractivity contribution in [1.29, 1.82) is 5.26 Å². The first-order valence-electron chi connectivity index (χ1n) is 5.42. The van der Waals surface area contributed by atoms with Gasteiger partial charge in [0.2, 0.25) is 0 Å². The Hall–Kier alpha value is -1.60. The second kappa shape index (κ2) is 5.36. The maximum Gasteiger partial charge on any atom is 0.322 e. The van der Waals surface area contributed by atoms with E-state index in [9.17, 15) is 9.18 Å². The van der Waals surface area contributed by atoms with Crippen molar-refractivity contribution in [3.8, 4) is 6.07 Å². The molecule has 1 amide bonds. The Labute approximate surface area is 111 Å². The zero-order chi connectivity index (χ0) is 13.9. The number of nitrogens with zero attached hydrogens (tertiary/aromatic N) is 1. The average Bonchev–Trinajstić information content (AvgIpc) is 2.30. The third kappa shape index (κ3) is 3.21. The highest BCUT2D eigenvalue weighted by molar-refractivity contribution is 6.31. The number of carbonyl (C=O) groups excluding carboxylic acids is 1. The van der Waals surface area contributed by atoms with E-state index in [1.807, 2.05) is 13.8 Å². The van der Waals surface area contributed by atoms with Gasteiger partial charge in [-0.05, 0) is 30.2 Å². The predicted octanol–water partition coefficient (Wildman–Crippen LogP) is 2.70. The highest BCUT2D eigenvalue weighted by atomic mass is 35.5. The average molecular weight is 269 g/mol. The lowest BCUT2D eigenvalue weighted by Gasteiger charge is -2.26. The Morgan fingerprint density at radius 3 is 2.72 bits per heavy atom. The third-order valence-electron chi connectivity index (χ3n) is 2.77. The molecule has 0 aromatic heterocycles. The number of hydrogen-bond donors (Lipinski definition) is 1. The van der Waals surface area contributed by atoms with Crippen LogP contribution in [0.3, 0.4) is 0 Å². The zero-order valence-electron chi connectivity index (χ0n) is 10.5. The fourth-order valence-corrected chi connectivity index (χ4v) is 2.07. The molecule has 0 aliphatic rings. The zero-order valence-corrected chi connectivity index (χ0v) is 11.2. The van der Waals surface area contributed by atoms with E-state index in [4.69, 9.17) is 16.9 Å². The Kier molecular flexibility index (Phi) is 4.31. The molecular formula is C13H14ClFN2O. The molecule has 0 saturated carbocycles. The molecule has 0 atom stereocenters. The molecule has 0 aliphatic carbocycles. The topological polar surface area (TPSA) is 52.9 Å². The molecule has 1 rings (SSSR count). The quantitative estimate of drug-likeness (QED) is 0.857. The van der Waals surface area contributed by atoms with Crippen LogP contribution in [0.15, 0.2) is 12.1 Å². The van der Waals surface area contributed by atoms with Crippen molar-refractivity contribution in [1.82, 2.24) is 5.32 Å². The fraction of sp³-hybridized carbons (Fsp3) is 0.385. The lowest BCUT2D eigenvalue weighted by Crippen LogP contribution is -2.36. The van der Waals surface area contributed by atoms with Crippen LogP contribution in [0.25, 0.3) is 0 Å². The van der Waals surface area contributed by atoms with Gasteiger partial charge in [-0.1, -0.05) is 25.4 Å². The van der Waals surface area contributed by atoms with E-state index in [0.717, 1.165) is 0 Å². The van der Waals surface area contributed by atoms with Gasteiger partial charge in [-0.3, -0.25) is 4.79 Å². The number of aryl methyl sites for hydroxylation is 1. The smallest absolute Gasteiger partial charge is 0.322 e. The molecule has 0 saturated heterocycles. The van der Waals surface area contributed by atoms with Crippen LogP contribution in [0.5, 0.6) is 0 Å². The van der Waals surface area contributed by atoms with E-state index in [-0.39, 0.29) is 12.4 Å². The first kappa shape index (κ1) is 14.5. The van der Waals surface area contributed by atoms with Crippen molar-refractivity contribution in [3.05, 3.63) is 34.1 Å². The summed E-state index contributed by atoms with van der Waals surface area (Å²) in [5.41, 5.74) is 0.518. The summed E-state index contributed by atoms with van der Waals surface area (Å²) in [6.45, 7) is 5.48. The van der Waals surface area contributed by atoms with Crippen LogP contribution in [0.2, 0.25) is 5.02 Å². The molecule has 3 nitrogen and oxygen atoms in total. The van der Waals surface area contributed by atoms with Crippen molar-refractivity contribution < 1.29 is 9.18 Å². The van der Waals surface area contributed by atoms with Gasteiger partial charge in [0.25, 0.3) is 0 Å². The highest BCUT2D eigenvalue weighted by Gasteiger charge is 2.25. The molecular weight excluding hydrogens is 255 g/mol. The first-order valence-corrected chi connectivity index (χ1v) is 5.80. The van der Waals surface area contributed by atoms with Gasteiger partial charge in [0.1, 0.15) is 5.82 Å². The molecule has 1 aromatic carbocycles. The Bertz CT molecular complexity index is 520. The van der Waals surface area contributed by atoms with Crippen molar-refractivity contribution in [2.75, 3.05) is 6.54 Å². The molecule has 0 fully saturated rings. The highest BCUT2D eigenvalue weighted by Crippen LogP contribution is 2.31. The second-order valence-corrected chi connectivity index (χ2v) is 5.17. The van der Waals surface area contributed by atoms with Crippen molar-refractivity contribution in [2.24, 2.45) is 0 Å². The SMILES string of the molecule is Cc1cc(Cl)c(C(C)(C)CNC(=O)C#N)cc1F. The van der Waals surface area contributed by atoms with E-state index in [1.165, 1.54) is 12.1 Å². The van der Waals surface area contributed by atoms with Crippen LogP contribution in [0.4, 0.5) is 4.39 Å². The van der Waals surface area contributed by atoms with E-state index in [2.05, 4.69) is 5.32 Å². The minimum atomic E-state index is -0.716. The summed E-state index contributed by atoms with van der Waals surface area (Å²) in [6, 6.07) is 4.39. The summed E-state index contributed by atoms with van der Waals surface area (Å²) in [7, 11) is 0. The lowest BCUT2D eigenvalue weighted by atomic mass is 9.84. The molecule has 1 aromatic rings. The van der Waals surface area contributed by atoms with Gasteiger partial charge in [0.05, 0.1) is 0 Å². The normalized spacial score (nSPS) is 10.9. The van der Waals surface area contributed by atoms with Crippen LogP contribution >= 0.6 is 11.6 Å². The summed E-state index contributed by atoms with van der Waals surface area (Å²) in [5.74, 6) is -1.05. The standard InChI is InChI=1S/C13H14ClFN2O/c1-8-4-10(14)9(5-11(8)15)13(2,3)7-17-12(18)6-16/h4-5H,7H2,1-3H3,(H,17,18). The molecule has 0 radical (unpaired) electrons. The van der Waals surface area contributed by atoms with Gasteiger partial charge in [-0.2, -0.15) is 5.26 Å². The second-order valence-electron chi connectivity index (χ2n) is 4.76. The molecule has 0 spiro atoms. The number of amides is 1. The number of nitriles is 1. The number of benzene rings is 1. The Balaban J connectivity index is 3.01. The van der Waals surface area contributed by atoms with Crippen LogP contribution in [-0.2, 0) is 10.2 Å². The molecule has 1 N–H and O–H groups in total. The molecule has 0 heterocycles. The fourth-order valence-electron chi connectivity index (χ4n) is 1.60. The van der Waals surface area contributed by atoms with Gasteiger partial charge >= 0.3 is 5.91 Å². The summed E-state index contributed by atoms with van der Waals surface area (Å²) in [4.78, 5) is 10.9. The van der Waals surface area contributed by atoms with E-state index in [0.29, 0.717) is 16.1 Å². The predicted molar refractivity (Wildman–Crippen MR) is 67.8 cm³/mol. The molecule has 96 valence electrons. The van der Waals surface area contributed by atoms with Gasteiger partial charge in [-0.15, -0.1) is 0 Å². The minimum absolute atomic E-state index is 0.210. The summed E-state index contributed by atoms with van der Waals surface area (Å²) < 4.78 is 13.6. The van der Waals surface area contributed by atoms with Crippen LogP contribution < -0.4 is 5.32 Å².